The number of ether oxygens (including phenoxy) is 5. The lowest BCUT2D eigenvalue weighted by Gasteiger charge is -2.20. The average Bonchev–Trinajstić information content (AvgIpc) is 3.59. The summed E-state index contributed by atoms with van der Waals surface area (Å²) in [7, 11) is 0. The molecule has 16 nitrogen and oxygen atoms in total. The number of rotatable bonds is 11. The van der Waals surface area contributed by atoms with Gasteiger partial charge < -0.3 is 44.9 Å². The first-order valence-electron chi connectivity index (χ1n) is 12.4. The van der Waals surface area contributed by atoms with Crippen molar-refractivity contribution in [3.8, 4) is 0 Å². The number of nitrogen functional groups attached to an aromatic ring is 2. The Morgan fingerprint density at radius 2 is 2.05 bits per heavy atom. The molecule has 5 heterocycles. The lowest BCUT2D eigenvalue weighted by atomic mass is 10.1. The molecule has 2 fully saturated rings. The van der Waals surface area contributed by atoms with Crippen LogP contribution < -0.4 is 28.3 Å². The van der Waals surface area contributed by atoms with Crippen LogP contribution in [0.4, 0.5) is 11.6 Å². The predicted molar refractivity (Wildman–Crippen MR) is 139 cm³/mol. The highest BCUT2D eigenvalue weighted by Gasteiger charge is 2.54. The number of aromatic amines is 1. The molecule has 0 aliphatic carbocycles. The number of allylic oxidation sites excluding steroid dienone is 1. The molecule has 0 spiro atoms. The summed E-state index contributed by atoms with van der Waals surface area (Å²) in [6.07, 6.45) is -1.38. The van der Waals surface area contributed by atoms with E-state index in [2.05, 4.69) is 22.0 Å². The lowest BCUT2D eigenvalue weighted by molar-refractivity contribution is -0.171. The van der Waals surface area contributed by atoms with Crippen molar-refractivity contribution in [1.82, 2.24) is 19.1 Å². The molecule has 5 rings (SSSR count). The fourth-order valence-corrected chi connectivity index (χ4v) is 4.77. The number of carbonyl (C=O) groups excluding carboxylic acids is 1. The molecule has 0 bridgehead atoms. The van der Waals surface area contributed by atoms with E-state index in [0.717, 1.165) is 0 Å². The lowest BCUT2D eigenvalue weighted by Crippen LogP contribution is -2.34. The number of pyridine rings is 2. The van der Waals surface area contributed by atoms with Crippen LogP contribution in [0.3, 0.4) is 0 Å². The minimum Gasteiger partial charge on any atom is -0.460 e. The van der Waals surface area contributed by atoms with Gasteiger partial charge in [0.15, 0.2) is 12.5 Å². The predicted octanol–water partition coefficient (Wildman–Crippen LogP) is -1.19. The van der Waals surface area contributed by atoms with Crippen molar-refractivity contribution < 1.29 is 33.6 Å². The molecule has 2 aliphatic heterocycles. The topological polar surface area (TPSA) is 220 Å². The van der Waals surface area contributed by atoms with E-state index in [1.165, 1.54) is 39.6 Å². The summed E-state index contributed by atoms with van der Waals surface area (Å²) in [5.41, 5.74) is 7.73. The minimum atomic E-state index is -1.02. The monoisotopic (exact) mass is 559 g/mol. The van der Waals surface area contributed by atoms with E-state index in [9.17, 15) is 19.5 Å². The second kappa shape index (κ2) is 11.6. The summed E-state index contributed by atoms with van der Waals surface area (Å²) in [5.74, 6) is 5.15. The number of nitrogens with zero attached hydrogens (tertiary/aromatic N) is 3. The number of hydrogen-bond acceptors (Lipinski definition) is 13. The zero-order valence-corrected chi connectivity index (χ0v) is 21.2. The summed E-state index contributed by atoms with van der Waals surface area (Å²) in [4.78, 5) is 44.6. The second-order valence-corrected chi connectivity index (χ2v) is 9.01. The van der Waals surface area contributed by atoms with Crippen LogP contribution in [0.2, 0.25) is 0 Å². The number of H-pyrrole nitrogens is 1. The number of esters is 1. The number of nitrogens with two attached hydrogens (primary N) is 2. The van der Waals surface area contributed by atoms with Gasteiger partial charge >= 0.3 is 11.7 Å². The van der Waals surface area contributed by atoms with Gasteiger partial charge in [0, 0.05) is 18.8 Å². The molecular weight excluding hydrogens is 530 g/mol. The number of anilines is 2. The fourth-order valence-electron chi connectivity index (χ4n) is 4.77. The number of imidazole rings is 1. The molecule has 40 heavy (non-hydrogen) atoms. The summed E-state index contributed by atoms with van der Waals surface area (Å²) in [6.45, 7) is 3.33. The van der Waals surface area contributed by atoms with Gasteiger partial charge in [0.25, 0.3) is 5.56 Å². The summed E-state index contributed by atoms with van der Waals surface area (Å²) in [6, 6.07) is 4.51. The zero-order valence-electron chi connectivity index (χ0n) is 21.2. The minimum absolute atomic E-state index is 0.0203. The summed E-state index contributed by atoms with van der Waals surface area (Å²) < 4.78 is 31.1. The molecule has 0 radical (unpaired) electrons. The average molecular weight is 560 g/mol. The third-order valence-corrected chi connectivity index (χ3v) is 6.49. The quantitative estimate of drug-likeness (QED) is 0.0614. The molecule has 2 saturated heterocycles. The van der Waals surface area contributed by atoms with Crippen molar-refractivity contribution >= 4 is 28.6 Å². The number of aliphatic hydroxyl groups excluding tert-OH is 1. The van der Waals surface area contributed by atoms with Gasteiger partial charge in [-0.25, -0.2) is 20.4 Å². The Morgan fingerprint density at radius 3 is 2.75 bits per heavy atom. The molecule has 1 unspecified atom stereocenters. The molecule has 0 amide bonds. The fraction of sp³-hybridized carbons (Fsp3) is 0.417. The summed E-state index contributed by atoms with van der Waals surface area (Å²) >= 11 is 0. The van der Waals surface area contributed by atoms with Crippen LogP contribution in [-0.2, 0) is 30.2 Å². The van der Waals surface area contributed by atoms with E-state index in [0.29, 0.717) is 5.82 Å². The van der Waals surface area contributed by atoms with Crippen molar-refractivity contribution in [2.75, 3.05) is 37.6 Å². The molecule has 214 valence electrons. The first kappa shape index (κ1) is 27.5. The highest BCUT2D eigenvalue weighted by Crippen LogP contribution is 2.40. The van der Waals surface area contributed by atoms with Gasteiger partial charge in [0.1, 0.15) is 42.1 Å². The third kappa shape index (κ3) is 5.10. The van der Waals surface area contributed by atoms with E-state index in [1.54, 1.807) is 0 Å². The van der Waals surface area contributed by atoms with Crippen molar-refractivity contribution in [3.05, 3.63) is 63.5 Å². The molecule has 3 aromatic heterocycles. The molecule has 16 heteroatoms. The second-order valence-electron chi connectivity index (χ2n) is 9.01. The van der Waals surface area contributed by atoms with E-state index in [4.69, 9.17) is 35.3 Å². The molecule has 2 aliphatic rings. The maximum atomic E-state index is 13.4. The van der Waals surface area contributed by atoms with Gasteiger partial charge in [0.2, 0.25) is 0 Å². The largest absolute Gasteiger partial charge is 0.460 e. The highest BCUT2D eigenvalue weighted by molar-refractivity contribution is 5.89. The van der Waals surface area contributed by atoms with Gasteiger partial charge in [-0.3, -0.25) is 13.9 Å². The van der Waals surface area contributed by atoms with E-state index < -0.39 is 54.7 Å². The van der Waals surface area contributed by atoms with Crippen LogP contribution >= 0.6 is 0 Å². The maximum Gasteiger partial charge on any atom is 0.339 e. The normalized spacial score (nSPS) is 23.8. The van der Waals surface area contributed by atoms with Gasteiger partial charge in [-0.15, -0.1) is 6.58 Å². The highest BCUT2D eigenvalue weighted by atomic mass is 16.8. The molecule has 0 saturated carbocycles. The Morgan fingerprint density at radius 1 is 1.25 bits per heavy atom. The number of nitrogens with one attached hydrogen (secondary N) is 2. The zero-order chi connectivity index (χ0) is 28.4. The molecule has 3 aromatic rings. The third-order valence-electron chi connectivity index (χ3n) is 6.49. The van der Waals surface area contributed by atoms with Crippen molar-refractivity contribution in [2.24, 2.45) is 5.84 Å². The van der Waals surface area contributed by atoms with Gasteiger partial charge in [-0.05, 0) is 12.1 Å². The van der Waals surface area contributed by atoms with Crippen LogP contribution in [0.5, 0.6) is 0 Å². The Labute approximate surface area is 226 Å². The smallest absolute Gasteiger partial charge is 0.339 e. The van der Waals surface area contributed by atoms with Crippen LogP contribution in [-0.4, -0.2) is 81.2 Å². The number of hydrogen-bond donors (Lipinski definition) is 5. The number of aliphatic hydroxyl groups is 1. The number of fused-ring (bicyclic) bond motifs is 2. The molecular formula is C24H29N7O9. The standard InChI is InChI=1S/C24H29N7O9/c1-2-5-30-18-13(8-15(25)28-21(18)33)31(24(30)35)22-20-19(14(10-32)38-22)39-17(40-20)11-36-6-7-37-23(34)12-3-4-16(29-26)27-9-12/h2-4,8-9,14,17,19-20,22,32H,1,5-7,10-11,26H2,(H,27,29)(H3,25,28,33)/t14-,17?,19-,20-,22-/m1/s1. The molecule has 0 aromatic carbocycles. The Hall–Kier alpha value is -4.06. The van der Waals surface area contributed by atoms with Crippen LogP contribution in [0.15, 0.2) is 46.6 Å². The SMILES string of the molecule is C=CCn1c(=O)n([C@@H]2O[C@H](CO)[C@H]3OC(COCCOC(=O)c4ccc(NN)nc4)O[C@H]32)c2cc(N)[nH]c(=O)c21. The maximum absolute atomic E-state index is 13.4. The van der Waals surface area contributed by atoms with Crippen molar-refractivity contribution in [3.63, 3.8) is 0 Å². The Kier molecular flexibility index (Phi) is 7.97. The van der Waals surface area contributed by atoms with E-state index in [1.807, 2.05) is 0 Å². The molecule has 7 N–H and O–H groups in total. The van der Waals surface area contributed by atoms with Crippen LogP contribution in [0, 0.1) is 0 Å². The Balaban J connectivity index is 1.24. The van der Waals surface area contributed by atoms with Crippen molar-refractivity contribution in [1.29, 1.82) is 0 Å². The van der Waals surface area contributed by atoms with E-state index in [-0.39, 0.29) is 48.8 Å². The molecule has 5 atom stereocenters. The van der Waals surface area contributed by atoms with Crippen molar-refractivity contribution in [2.45, 2.75) is 37.4 Å². The first-order chi connectivity index (χ1) is 19.4. The number of hydrazine groups is 1. The van der Waals surface area contributed by atoms with Crippen LogP contribution in [0.25, 0.3) is 11.0 Å². The Bertz CT molecular complexity index is 1500. The van der Waals surface area contributed by atoms with E-state index >= 15 is 0 Å². The van der Waals surface area contributed by atoms with Gasteiger partial charge in [0.05, 0.1) is 30.9 Å². The van der Waals surface area contributed by atoms with Crippen LogP contribution in [0.1, 0.15) is 16.6 Å². The first-order valence-corrected chi connectivity index (χ1v) is 12.4. The summed E-state index contributed by atoms with van der Waals surface area (Å²) in [5, 5.41) is 9.91. The van der Waals surface area contributed by atoms with Gasteiger partial charge in [-0.1, -0.05) is 6.08 Å². The number of aromatic nitrogens is 4. The van der Waals surface area contributed by atoms with Gasteiger partial charge in [-0.2, -0.15) is 0 Å². The number of carbonyl (C=O) groups is 1.